The third-order valence-electron chi connectivity index (χ3n) is 4.73. The minimum absolute atomic E-state index is 0.196. The highest BCUT2D eigenvalue weighted by atomic mass is 16.3. The summed E-state index contributed by atoms with van der Waals surface area (Å²) in [5.41, 5.74) is 1.24. The maximum Gasteiger partial charge on any atom is 0.237 e. The van der Waals surface area contributed by atoms with Gasteiger partial charge >= 0.3 is 0 Å². The van der Waals surface area contributed by atoms with Crippen LogP contribution in [-0.2, 0) is 17.9 Å². The highest BCUT2D eigenvalue weighted by molar-refractivity contribution is 5.79. The van der Waals surface area contributed by atoms with Gasteiger partial charge in [-0.15, -0.1) is 0 Å². The number of furan rings is 1. The van der Waals surface area contributed by atoms with Crippen LogP contribution in [0, 0.1) is 6.92 Å². The van der Waals surface area contributed by atoms with Gasteiger partial charge in [0.1, 0.15) is 11.5 Å². The number of carbonyl (C=O) groups is 1. The maximum absolute atomic E-state index is 13.0. The second kappa shape index (κ2) is 7.87. The standard InChI is InChI=1S/C21H28N2O2/c1-16(2)22(13-18-7-5-4-6-8-18)15-21(24)23(19-10-11-19)14-20-12-9-17(3)25-20/h4-9,12,16,19H,10-11,13-15H2,1-3H3. The van der Waals surface area contributed by atoms with E-state index in [1.165, 1.54) is 5.56 Å². The van der Waals surface area contributed by atoms with Gasteiger partial charge in [-0.25, -0.2) is 0 Å². The van der Waals surface area contributed by atoms with Crippen molar-refractivity contribution in [3.8, 4) is 0 Å². The Morgan fingerprint density at radius 3 is 2.40 bits per heavy atom. The smallest absolute Gasteiger partial charge is 0.237 e. The second-order valence-corrected chi connectivity index (χ2v) is 7.25. The first-order valence-electron chi connectivity index (χ1n) is 9.15. The van der Waals surface area contributed by atoms with Crippen LogP contribution < -0.4 is 0 Å². The number of rotatable bonds is 8. The SMILES string of the molecule is Cc1ccc(CN(C(=O)CN(Cc2ccccc2)C(C)C)C2CC2)o1. The van der Waals surface area contributed by atoms with Crippen molar-refractivity contribution in [1.29, 1.82) is 0 Å². The van der Waals surface area contributed by atoms with Crippen molar-refractivity contribution in [2.75, 3.05) is 6.54 Å². The number of hydrogen-bond acceptors (Lipinski definition) is 3. The molecular formula is C21H28N2O2. The van der Waals surface area contributed by atoms with Crippen LogP contribution in [0.2, 0.25) is 0 Å². The largest absolute Gasteiger partial charge is 0.464 e. The molecule has 3 rings (SSSR count). The molecule has 0 aliphatic heterocycles. The Bertz CT molecular complexity index is 689. The Balaban J connectivity index is 1.65. The Morgan fingerprint density at radius 1 is 1.12 bits per heavy atom. The van der Waals surface area contributed by atoms with Gasteiger partial charge in [0.2, 0.25) is 5.91 Å². The molecule has 1 aromatic heterocycles. The Hall–Kier alpha value is -2.07. The first kappa shape index (κ1) is 17.7. The van der Waals surface area contributed by atoms with Crippen molar-refractivity contribution < 1.29 is 9.21 Å². The van der Waals surface area contributed by atoms with Crippen molar-refractivity contribution in [3.05, 3.63) is 59.5 Å². The normalized spacial score (nSPS) is 14.3. The number of nitrogens with zero attached hydrogens (tertiary/aromatic N) is 2. The monoisotopic (exact) mass is 340 g/mol. The van der Waals surface area contributed by atoms with Crippen molar-refractivity contribution in [1.82, 2.24) is 9.80 Å². The average Bonchev–Trinajstić information content (AvgIpc) is 3.35. The average molecular weight is 340 g/mol. The van der Waals surface area contributed by atoms with Gasteiger partial charge in [0.05, 0.1) is 13.1 Å². The summed E-state index contributed by atoms with van der Waals surface area (Å²) in [6, 6.07) is 15.0. The minimum Gasteiger partial charge on any atom is -0.464 e. The van der Waals surface area contributed by atoms with Gasteiger partial charge in [0, 0.05) is 18.6 Å². The fraction of sp³-hybridized carbons (Fsp3) is 0.476. The number of benzene rings is 1. The number of amides is 1. The number of hydrogen-bond donors (Lipinski definition) is 0. The molecule has 0 radical (unpaired) electrons. The van der Waals surface area contributed by atoms with Crippen LogP contribution in [0.3, 0.4) is 0 Å². The summed E-state index contributed by atoms with van der Waals surface area (Å²) in [5.74, 6) is 1.96. The number of carbonyl (C=O) groups excluding carboxylic acids is 1. The van der Waals surface area contributed by atoms with E-state index in [0.29, 0.717) is 25.2 Å². The van der Waals surface area contributed by atoms with Crippen LogP contribution >= 0.6 is 0 Å². The molecule has 2 aromatic rings. The van der Waals surface area contributed by atoms with Crippen molar-refractivity contribution in [2.24, 2.45) is 0 Å². The lowest BCUT2D eigenvalue weighted by Crippen LogP contribution is -2.43. The highest BCUT2D eigenvalue weighted by Crippen LogP contribution is 2.29. The lowest BCUT2D eigenvalue weighted by Gasteiger charge is -2.29. The van der Waals surface area contributed by atoms with E-state index in [9.17, 15) is 4.79 Å². The van der Waals surface area contributed by atoms with Gasteiger partial charge in [-0.2, -0.15) is 0 Å². The third kappa shape index (κ3) is 4.95. The molecule has 1 aromatic carbocycles. The zero-order valence-electron chi connectivity index (χ0n) is 15.4. The molecule has 134 valence electrons. The lowest BCUT2D eigenvalue weighted by atomic mass is 10.2. The molecule has 25 heavy (non-hydrogen) atoms. The van der Waals surface area contributed by atoms with Crippen molar-refractivity contribution in [3.63, 3.8) is 0 Å². The van der Waals surface area contributed by atoms with E-state index < -0.39 is 0 Å². The summed E-state index contributed by atoms with van der Waals surface area (Å²) in [4.78, 5) is 17.2. The molecule has 0 atom stereocenters. The lowest BCUT2D eigenvalue weighted by molar-refractivity contribution is -0.134. The van der Waals surface area contributed by atoms with Gasteiger partial charge in [0.15, 0.2) is 0 Å². The molecule has 4 heteroatoms. The predicted molar refractivity (Wildman–Crippen MR) is 99.0 cm³/mol. The van der Waals surface area contributed by atoms with E-state index in [1.54, 1.807) is 0 Å². The quantitative estimate of drug-likeness (QED) is 0.729. The van der Waals surface area contributed by atoms with Crippen LogP contribution in [0.4, 0.5) is 0 Å². The Kier molecular flexibility index (Phi) is 5.59. The fourth-order valence-electron chi connectivity index (χ4n) is 3.05. The molecule has 1 amide bonds. The van der Waals surface area contributed by atoms with Gasteiger partial charge in [0.25, 0.3) is 0 Å². The van der Waals surface area contributed by atoms with Crippen molar-refractivity contribution in [2.45, 2.75) is 58.8 Å². The highest BCUT2D eigenvalue weighted by Gasteiger charge is 2.34. The predicted octanol–water partition coefficient (Wildman–Crippen LogP) is 3.99. The zero-order chi connectivity index (χ0) is 17.8. The maximum atomic E-state index is 13.0. The molecule has 1 saturated carbocycles. The molecule has 1 heterocycles. The molecule has 0 unspecified atom stereocenters. The first-order valence-corrected chi connectivity index (χ1v) is 9.15. The summed E-state index contributed by atoms with van der Waals surface area (Å²) in [7, 11) is 0. The summed E-state index contributed by atoms with van der Waals surface area (Å²) in [6.07, 6.45) is 2.21. The molecular weight excluding hydrogens is 312 g/mol. The van der Waals surface area contributed by atoms with Gasteiger partial charge < -0.3 is 9.32 Å². The second-order valence-electron chi connectivity index (χ2n) is 7.25. The Labute approximate surface area is 150 Å². The Morgan fingerprint density at radius 2 is 1.84 bits per heavy atom. The van der Waals surface area contributed by atoms with E-state index >= 15 is 0 Å². The topological polar surface area (TPSA) is 36.7 Å². The van der Waals surface area contributed by atoms with E-state index in [1.807, 2.05) is 42.2 Å². The minimum atomic E-state index is 0.196. The molecule has 1 aliphatic carbocycles. The van der Waals surface area contributed by atoms with Crippen LogP contribution in [0.15, 0.2) is 46.9 Å². The molecule has 0 bridgehead atoms. The number of aryl methyl sites for hydroxylation is 1. The fourth-order valence-corrected chi connectivity index (χ4v) is 3.05. The van der Waals surface area contributed by atoms with Gasteiger partial charge in [-0.3, -0.25) is 9.69 Å². The van der Waals surface area contributed by atoms with E-state index in [-0.39, 0.29) is 5.91 Å². The first-order chi connectivity index (χ1) is 12.0. The molecule has 1 aliphatic rings. The van der Waals surface area contributed by atoms with Crippen molar-refractivity contribution >= 4 is 5.91 Å². The van der Waals surface area contributed by atoms with Crippen LogP contribution in [0.5, 0.6) is 0 Å². The third-order valence-corrected chi connectivity index (χ3v) is 4.73. The molecule has 4 nitrogen and oxygen atoms in total. The van der Waals surface area contributed by atoms with Crippen LogP contribution in [0.1, 0.15) is 43.8 Å². The molecule has 0 N–H and O–H groups in total. The van der Waals surface area contributed by atoms with Crippen LogP contribution in [-0.4, -0.2) is 34.3 Å². The van der Waals surface area contributed by atoms with E-state index in [0.717, 1.165) is 30.9 Å². The summed E-state index contributed by atoms with van der Waals surface area (Å²) < 4.78 is 5.68. The summed E-state index contributed by atoms with van der Waals surface area (Å²) >= 11 is 0. The van der Waals surface area contributed by atoms with Gasteiger partial charge in [-0.1, -0.05) is 30.3 Å². The van der Waals surface area contributed by atoms with Gasteiger partial charge in [-0.05, 0) is 51.3 Å². The molecule has 0 saturated heterocycles. The zero-order valence-corrected chi connectivity index (χ0v) is 15.4. The van der Waals surface area contributed by atoms with E-state index in [2.05, 4.69) is 30.9 Å². The molecule has 1 fully saturated rings. The van der Waals surface area contributed by atoms with E-state index in [4.69, 9.17) is 4.42 Å². The summed E-state index contributed by atoms with van der Waals surface area (Å²) in [5, 5.41) is 0. The summed E-state index contributed by atoms with van der Waals surface area (Å²) in [6.45, 7) is 8.05. The molecule has 0 spiro atoms. The van der Waals surface area contributed by atoms with Crippen LogP contribution in [0.25, 0.3) is 0 Å².